The predicted molar refractivity (Wildman–Crippen MR) is 105 cm³/mol. The molecule has 2 aromatic carbocycles. The number of benzene rings is 2. The highest BCUT2D eigenvalue weighted by atomic mass is 16.7. The number of hydrogen-bond acceptors (Lipinski definition) is 4. The Morgan fingerprint density at radius 3 is 2.93 bits per heavy atom. The van der Waals surface area contributed by atoms with Crippen LogP contribution in [0.15, 0.2) is 42.4 Å². The monoisotopic (exact) mass is 398 g/mol. The van der Waals surface area contributed by atoms with E-state index in [1.807, 2.05) is 0 Å². The van der Waals surface area contributed by atoms with Crippen molar-refractivity contribution in [1.29, 1.82) is 0 Å². The minimum atomic E-state index is -2.88. The normalized spacial score (nSPS) is 32.5. The first kappa shape index (κ1) is 9.82. The van der Waals surface area contributed by atoms with E-state index in [9.17, 15) is 9.59 Å². The highest BCUT2D eigenvalue weighted by Gasteiger charge is 2.47. The average molecular weight is 398 g/mol. The van der Waals surface area contributed by atoms with Crippen LogP contribution in [-0.4, -0.2) is 52.9 Å². The fraction of sp³-hybridized carbons (Fsp3) is 0.273. The third-order valence-corrected chi connectivity index (χ3v) is 5.23. The number of rotatable bonds is 1. The van der Waals surface area contributed by atoms with Gasteiger partial charge >= 0.3 is 0 Å². The van der Waals surface area contributed by atoms with Crippen LogP contribution in [0.3, 0.4) is 0 Å². The number of piperazine rings is 1. The fourth-order valence-electron chi connectivity index (χ4n) is 3.93. The summed E-state index contributed by atoms with van der Waals surface area (Å²) in [5.74, 6) is -3.28. The molecule has 146 valence electrons. The number of para-hydroxylation sites is 1. The molecule has 0 bridgehead atoms. The Morgan fingerprint density at radius 2 is 2.03 bits per heavy atom. The second-order valence-electron chi connectivity index (χ2n) is 6.86. The molecule has 2 amide bonds. The highest BCUT2D eigenvalue weighted by Crippen LogP contribution is 2.44. The number of hydrogen-bond donors (Lipinski definition) is 1. The van der Waals surface area contributed by atoms with E-state index in [2.05, 4.69) is 4.98 Å². The van der Waals surface area contributed by atoms with E-state index in [1.54, 1.807) is 24.3 Å². The van der Waals surface area contributed by atoms with Gasteiger partial charge in [0.25, 0.3) is 0 Å². The second kappa shape index (κ2) is 5.76. The van der Waals surface area contributed by atoms with Gasteiger partial charge in [-0.1, -0.05) is 24.2 Å². The number of nitrogens with one attached hydrogen (secondary N) is 1. The van der Waals surface area contributed by atoms with Crippen LogP contribution < -0.4 is 9.47 Å². The smallest absolute Gasteiger partial charge is 0.245 e. The van der Waals surface area contributed by atoms with E-state index in [0.717, 1.165) is 7.05 Å². The van der Waals surface area contributed by atoms with Gasteiger partial charge in [-0.2, -0.15) is 0 Å². The summed E-state index contributed by atoms with van der Waals surface area (Å²) in [5.41, 5.74) is 0.0560. The number of aromatic nitrogens is 1. The molecule has 3 aliphatic rings. The van der Waals surface area contributed by atoms with Crippen LogP contribution in [0.4, 0.5) is 0 Å². The molecule has 0 radical (unpaired) electrons. The summed E-state index contributed by atoms with van der Waals surface area (Å²) in [6.45, 7) is -5.61. The van der Waals surface area contributed by atoms with Gasteiger partial charge in [0.05, 0.1) is 19.4 Å². The SMILES string of the molecule is [2H]c1c([2H])c(C2c3[nH]c4ccccc4c3C([2H])([2H])[C@@H]3C(=O)N(C)C([2H])([2H])C(=O)N23)c([2H])c2c1OC([2H])([2H])O2. The van der Waals surface area contributed by atoms with Crippen LogP contribution in [0, 0.1) is 0 Å². The standard InChI is InChI=1S/C22H19N3O4/c1-24-10-19(26)25-16(22(24)27)9-14-13-4-2-3-5-15(13)23-20(14)21(25)12-6-7-17-18(8-12)29-11-28-17/h2-8,16,21,23H,9-11H2,1H3/t16-,21?/m1/s1/i6D,7D,8D,9D2,10D2,11D2. The molecule has 2 atom stereocenters. The molecule has 4 heterocycles. The molecule has 7 heteroatoms. The van der Waals surface area contributed by atoms with Gasteiger partial charge in [-0.05, 0) is 29.3 Å². The Hall–Kier alpha value is -3.48. The van der Waals surface area contributed by atoms with Crippen molar-refractivity contribution in [1.82, 2.24) is 14.8 Å². The number of nitrogens with zero attached hydrogens (tertiary/aromatic N) is 2. The Balaban J connectivity index is 1.73. The Bertz CT molecular complexity index is 1590. The van der Waals surface area contributed by atoms with Gasteiger partial charge in [0.1, 0.15) is 8.78 Å². The molecule has 1 fully saturated rings. The lowest BCUT2D eigenvalue weighted by Gasteiger charge is -2.46. The summed E-state index contributed by atoms with van der Waals surface area (Å²) >= 11 is 0. The lowest BCUT2D eigenvalue weighted by Crippen LogP contribution is -2.62. The number of likely N-dealkylation sites (N-methyl/N-ethyl adjacent to an activating group) is 1. The number of aromatic amines is 1. The van der Waals surface area contributed by atoms with Crippen molar-refractivity contribution in [2.45, 2.75) is 18.5 Å². The van der Waals surface area contributed by atoms with Crippen molar-refractivity contribution in [3.8, 4) is 11.5 Å². The summed E-state index contributed by atoms with van der Waals surface area (Å²) < 4.78 is 86.2. The first-order valence-electron chi connectivity index (χ1n) is 13.3. The number of carbonyl (C=O) groups is 2. The lowest BCUT2D eigenvalue weighted by molar-refractivity contribution is -0.157. The molecule has 3 aliphatic heterocycles. The molecule has 0 aliphatic carbocycles. The summed E-state index contributed by atoms with van der Waals surface area (Å²) in [4.78, 5) is 31.4. The zero-order valence-electron chi connectivity index (χ0n) is 24.0. The van der Waals surface area contributed by atoms with E-state index < -0.39 is 73.1 Å². The van der Waals surface area contributed by atoms with Crippen LogP contribution >= 0.6 is 0 Å². The van der Waals surface area contributed by atoms with Gasteiger partial charge < -0.3 is 24.3 Å². The van der Waals surface area contributed by atoms with Crippen molar-refractivity contribution >= 4 is 22.7 Å². The Kier molecular flexibility index (Phi) is 1.95. The van der Waals surface area contributed by atoms with E-state index in [0.29, 0.717) is 20.7 Å². The molecule has 7 nitrogen and oxygen atoms in total. The van der Waals surface area contributed by atoms with Crippen LogP contribution in [0.1, 0.15) is 35.2 Å². The summed E-state index contributed by atoms with van der Waals surface area (Å²) in [6, 6.07) is 1.23. The Morgan fingerprint density at radius 1 is 1.21 bits per heavy atom. The second-order valence-corrected chi connectivity index (χ2v) is 6.86. The molecule has 0 spiro atoms. The molecular weight excluding hydrogens is 370 g/mol. The van der Waals surface area contributed by atoms with E-state index in [1.165, 1.54) is 0 Å². The average Bonchev–Trinajstić information content (AvgIpc) is 3.39. The zero-order valence-corrected chi connectivity index (χ0v) is 15.0. The topological polar surface area (TPSA) is 74.9 Å². The van der Waals surface area contributed by atoms with Crippen LogP contribution in [0.5, 0.6) is 11.5 Å². The van der Waals surface area contributed by atoms with Gasteiger partial charge in [0.15, 0.2) is 11.5 Å². The van der Waals surface area contributed by atoms with Crippen LogP contribution in [0.25, 0.3) is 10.9 Å². The third-order valence-electron chi connectivity index (χ3n) is 5.23. The number of ether oxygens (including phenoxy) is 2. The minimum absolute atomic E-state index is 0.00257. The van der Waals surface area contributed by atoms with Gasteiger partial charge in [0.2, 0.25) is 18.6 Å². The molecule has 0 saturated carbocycles. The quantitative estimate of drug-likeness (QED) is 0.682. The van der Waals surface area contributed by atoms with Gasteiger partial charge in [-0.15, -0.1) is 0 Å². The number of carbonyl (C=O) groups excluding carboxylic acids is 2. The molecule has 29 heavy (non-hydrogen) atoms. The van der Waals surface area contributed by atoms with Crippen LogP contribution in [0.2, 0.25) is 0 Å². The molecule has 1 aromatic heterocycles. The fourth-order valence-corrected chi connectivity index (χ4v) is 3.93. The molecule has 1 N–H and O–H groups in total. The van der Waals surface area contributed by atoms with Gasteiger partial charge in [0, 0.05) is 32.8 Å². The molecule has 1 unspecified atom stereocenters. The predicted octanol–water partition coefficient (Wildman–Crippen LogP) is 2.21. The van der Waals surface area contributed by atoms with E-state index >= 15 is 0 Å². The zero-order chi connectivity index (χ0) is 27.7. The van der Waals surface area contributed by atoms with Gasteiger partial charge in [-0.3, -0.25) is 9.59 Å². The van der Waals surface area contributed by atoms with Crippen molar-refractivity contribution in [2.75, 3.05) is 20.3 Å². The lowest BCUT2D eigenvalue weighted by atomic mass is 9.86. The third kappa shape index (κ3) is 2.24. The van der Waals surface area contributed by atoms with Gasteiger partial charge in [-0.25, -0.2) is 0 Å². The number of fused-ring (bicyclic) bond motifs is 5. The summed E-state index contributed by atoms with van der Waals surface area (Å²) in [6.07, 6.45) is -2.52. The first-order chi connectivity index (χ1) is 17.6. The maximum Gasteiger partial charge on any atom is 0.245 e. The summed E-state index contributed by atoms with van der Waals surface area (Å²) in [5, 5.41) is 0.384. The maximum atomic E-state index is 13.7. The largest absolute Gasteiger partial charge is 0.454 e. The van der Waals surface area contributed by atoms with Crippen molar-refractivity contribution in [3.05, 3.63) is 59.2 Å². The molecular formula is C22H19N3O4. The molecule has 6 rings (SSSR count). The molecule has 3 aromatic rings. The Labute approximate surface area is 179 Å². The molecule has 1 saturated heterocycles. The van der Waals surface area contributed by atoms with E-state index in [4.69, 9.17) is 21.8 Å². The summed E-state index contributed by atoms with van der Waals surface area (Å²) in [7, 11) is 1.06. The van der Waals surface area contributed by atoms with Crippen molar-refractivity contribution in [3.63, 3.8) is 0 Å². The van der Waals surface area contributed by atoms with Crippen molar-refractivity contribution in [2.24, 2.45) is 0 Å². The van der Waals surface area contributed by atoms with Crippen molar-refractivity contribution < 1.29 is 31.4 Å². The number of amides is 2. The maximum absolute atomic E-state index is 13.7. The van der Waals surface area contributed by atoms with E-state index in [-0.39, 0.29) is 16.8 Å². The van der Waals surface area contributed by atoms with Crippen LogP contribution in [-0.2, 0) is 16.0 Å². The number of H-pyrrole nitrogens is 1. The minimum Gasteiger partial charge on any atom is -0.454 e. The first-order valence-corrected chi connectivity index (χ1v) is 8.84. The highest BCUT2D eigenvalue weighted by molar-refractivity contribution is 5.97.